The second kappa shape index (κ2) is 10.9. The van der Waals surface area contributed by atoms with Crippen LogP contribution in [0, 0.1) is 5.41 Å². The van der Waals surface area contributed by atoms with E-state index in [4.69, 9.17) is 9.73 Å². The molecular formula is C39H47N3O2. The average Bonchev–Trinajstić information content (AvgIpc) is 3.21. The molecule has 0 spiro atoms. The number of aromatic nitrogens is 1. The molecule has 0 bridgehead atoms. The summed E-state index contributed by atoms with van der Waals surface area (Å²) in [4.78, 5) is 12.6. The first-order valence-electron chi connectivity index (χ1n) is 16.1. The van der Waals surface area contributed by atoms with Gasteiger partial charge >= 0.3 is 0 Å². The molecule has 0 amide bonds. The van der Waals surface area contributed by atoms with Gasteiger partial charge in [0, 0.05) is 22.7 Å². The topological polar surface area (TPSA) is 58.0 Å². The van der Waals surface area contributed by atoms with E-state index in [1.54, 1.807) is 6.07 Å². The molecule has 5 heteroatoms. The quantitative estimate of drug-likeness (QED) is 0.257. The van der Waals surface area contributed by atoms with Crippen LogP contribution in [0.15, 0.2) is 77.8 Å². The summed E-state index contributed by atoms with van der Waals surface area (Å²) in [6, 6.07) is 25.1. The molecule has 3 aromatic carbocycles. The van der Waals surface area contributed by atoms with Crippen LogP contribution in [-0.4, -0.2) is 28.0 Å². The number of pyridine rings is 1. The predicted octanol–water partition coefficient (Wildman–Crippen LogP) is 9.93. The van der Waals surface area contributed by atoms with Crippen molar-refractivity contribution in [2.75, 3.05) is 4.90 Å². The molecule has 1 saturated carbocycles. The lowest BCUT2D eigenvalue weighted by molar-refractivity contribution is 0.298. The lowest BCUT2D eigenvalue weighted by Gasteiger charge is -2.36. The number of phenolic OH excluding ortho intramolecular Hbond substituents is 1. The molecule has 1 N–H and O–H groups in total. The summed E-state index contributed by atoms with van der Waals surface area (Å²) in [6.45, 7) is 18.6. The number of rotatable bonds is 4. The number of amidine groups is 1. The van der Waals surface area contributed by atoms with Gasteiger partial charge in [-0.2, -0.15) is 0 Å². The number of hydrogen-bond donors (Lipinski definition) is 1. The zero-order valence-electron chi connectivity index (χ0n) is 27.6. The van der Waals surface area contributed by atoms with Crippen molar-refractivity contribution in [3.63, 3.8) is 0 Å². The van der Waals surface area contributed by atoms with Crippen molar-refractivity contribution in [1.82, 2.24) is 4.98 Å². The van der Waals surface area contributed by atoms with Gasteiger partial charge in [-0.15, -0.1) is 0 Å². The van der Waals surface area contributed by atoms with Crippen LogP contribution < -0.4 is 9.64 Å². The molecule has 2 aliphatic rings. The first-order valence-corrected chi connectivity index (χ1v) is 16.1. The van der Waals surface area contributed by atoms with Gasteiger partial charge in [0.25, 0.3) is 0 Å². The molecule has 44 heavy (non-hydrogen) atoms. The van der Waals surface area contributed by atoms with Gasteiger partial charge in [0.15, 0.2) is 0 Å². The summed E-state index contributed by atoms with van der Waals surface area (Å²) >= 11 is 0. The Labute approximate surface area is 263 Å². The lowest BCUT2D eigenvalue weighted by atomic mass is 9.79. The van der Waals surface area contributed by atoms with Crippen molar-refractivity contribution < 1.29 is 9.84 Å². The Bertz CT molecular complexity index is 1690. The Morgan fingerprint density at radius 2 is 1.57 bits per heavy atom. The Kier molecular flexibility index (Phi) is 7.50. The van der Waals surface area contributed by atoms with Crippen LogP contribution in [0.4, 0.5) is 5.69 Å². The second-order valence-corrected chi connectivity index (χ2v) is 15.6. The molecule has 0 unspecified atom stereocenters. The minimum Gasteiger partial charge on any atom is -0.506 e. The molecule has 1 aliphatic heterocycles. The van der Waals surface area contributed by atoms with Crippen LogP contribution in [-0.2, 0) is 10.8 Å². The van der Waals surface area contributed by atoms with E-state index in [0.717, 1.165) is 29.6 Å². The SMILES string of the molecule is CC1(C)CCC[C@@H]2N=C(c3cccc(Oc4ccc5cccc(O)c5n4)c3)N(c3cc(C(C)(C)C)cc(C(C)(C)C)c3)[C@@H]2C1. The maximum absolute atomic E-state index is 10.3. The molecule has 6 rings (SSSR count). The molecule has 5 nitrogen and oxygen atoms in total. The van der Waals surface area contributed by atoms with Crippen molar-refractivity contribution >= 4 is 22.4 Å². The Morgan fingerprint density at radius 3 is 2.27 bits per heavy atom. The first kappa shape index (κ1) is 30.2. The van der Waals surface area contributed by atoms with Crippen LogP contribution in [0.2, 0.25) is 0 Å². The van der Waals surface area contributed by atoms with Crippen LogP contribution in [0.1, 0.15) is 97.8 Å². The van der Waals surface area contributed by atoms with E-state index in [1.165, 1.54) is 29.7 Å². The predicted molar refractivity (Wildman–Crippen MR) is 183 cm³/mol. The van der Waals surface area contributed by atoms with E-state index < -0.39 is 0 Å². The van der Waals surface area contributed by atoms with Crippen molar-refractivity contribution in [3.8, 4) is 17.4 Å². The number of aromatic hydroxyl groups is 1. The number of ether oxygens (including phenoxy) is 1. The molecule has 2 atom stereocenters. The zero-order chi connectivity index (χ0) is 31.4. The molecule has 1 aromatic heterocycles. The highest BCUT2D eigenvalue weighted by Crippen LogP contribution is 2.44. The highest BCUT2D eigenvalue weighted by Gasteiger charge is 2.43. The number of aliphatic imine (C=N–C) groups is 1. The molecule has 1 aliphatic carbocycles. The van der Waals surface area contributed by atoms with Gasteiger partial charge in [-0.25, -0.2) is 4.98 Å². The fourth-order valence-corrected chi connectivity index (χ4v) is 6.71. The van der Waals surface area contributed by atoms with Gasteiger partial charge in [-0.3, -0.25) is 4.99 Å². The summed E-state index contributed by atoms with van der Waals surface area (Å²) in [5.74, 6) is 2.30. The summed E-state index contributed by atoms with van der Waals surface area (Å²) in [5.41, 5.74) is 5.77. The van der Waals surface area contributed by atoms with Gasteiger partial charge in [0.1, 0.15) is 22.9 Å². The third-order valence-electron chi connectivity index (χ3n) is 9.32. The minimum atomic E-state index is 0.0181. The monoisotopic (exact) mass is 589 g/mol. The van der Waals surface area contributed by atoms with Crippen molar-refractivity contribution in [2.24, 2.45) is 10.4 Å². The van der Waals surface area contributed by atoms with Crippen molar-refractivity contribution in [2.45, 2.75) is 104 Å². The van der Waals surface area contributed by atoms with Gasteiger partial charge in [-0.1, -0.05) is 92.1 Å². The van der Waals surface area contributed by atoms with E-state index in [1.807, 2.05) is 36.4 Å². The standard InChI is InChI=1S/C39H47N3O2/c1-37(2,3)27-21-28(38(4,5)6)23-29(22-27)42-32-24-39(7,8)19-11-15-31(32)40-36(42)26-13-9-14-30(20-26)44-34-18-17-25-12-10-16-33(43)35(25)41-34/h9-10,12-14,16-18,20-23,31-32,43H,11,15,19,24H2,1-8H3/t31-,32+/m0/s1. The second-order valence-electron chi connectivity index (χ2n) is 15.6. The number of anilines is 1. The number of hydrogen-bond acceptors (Lipinski definition) is 5. The lowest BCUT2D eigenvalue weighted by Crippen LogP contribution is -2.42. The Balaban J connectivity index is 1.44. The van der Waals surface area contributed by atoms with Gasteiger partial charge in [0.05, 0.1) is 12.1 Å². The summed E-state index contributed by atoms with van der Waals surface area (Å²) in [6.07, 6.45) is 4.61. The van der Waals surface area contributed by atoms with Crippen molar-refractivity contribution in [1.29, 1.82) is 0 Å². The van der Waals surface area contributed by atoms with E-state index in [-0.39, 0.29) is 28.0 Å². The van der Waals surface area contributed by atoms with Gasteiger partial charge in [0.2, 0.25) is 5.88 Å². The number of phenols is 1. The smallest absolute Gasteiger partial charge is 0.219 e. The molecule has 0 radical (unpaired) electrons. The van der Waals surface area contributed by atoms with Crippen LogP contribution in [0.3, 0.4) is 0 Å². The van der Waals surface area contributed by atoms with Crippen LogP contribution in [0.5, 0.6) is 17.4 Å². The first-order chi connectivity index (χ1) is 20.7. The summed E-state index contributed by atoms with van der Waals surface area (Å²) in [5, 5.41) is 11.2. The normalized spacial score (nSPS) is 20.3. The van der Waals surface area contributed by atoms with Gasteiger partial charge < -0.3 is 14.7 Å². The van der Waals surface area contributed by atoms with Crippen molar-refractivity contribution in [3.05, 3.63) is 89.5 Å². The largest absolute Gasteiger partial charge is 0.506 e. The fraction of sp³-hybridized carbons (Fsp3) is 0.436. The van der Waals surface area contributed by atoms with Gasteiger partial charge in [-0.05, 0) is 83.0 Å². The molecular weight excluding hydrogens is 542 g/mol. The Hall–Kier alpha value is -3.86. The number of fused-ring (bicyclic) bond motifs is 2. The van der Waals surface area contributed by atoms with E-state index in [0.29, 0.717) is 23.2 Å². The van der Waals surface area contributed by atoms with E-state index in [2.05, 4.69) is 95.6 Å². The highest BCUT2D eigenvalue weighted by atomic mass is 16.5. The van der Waals surface area contributed by atoms with Crippen LogP contribution in [0.25, 0.3) is 10.9 Å². The minimum absolute atomic E-state index is 0.0181. The maximum atomic E-state index is 10.3. The molecule has 1 fully saturated rings. The molecule has 2 heterocycles. The fourth-order valence-electron chi connectivity index (χ4n) is 6.71. The number of nitrogens with zero attached hydrogens (tertiary/aromatic N) is 3. The van der Waals surface area contributed by atoms with Crippen LogP contribution >= 0.6 is 0 Å². The van der Waals surface area contributed by atoms with E-state index >= 15 is 0 Å². The zero-order valence-corrected chi connectivity index (χ0v) is 27.6. The third-order valence-corrected chi connectivity index (χ3v) is 9.32. The highest BCUT2D eigenvalue weighted by molar-refractivity contribution is 6.12. The van der Waals surface area contributed by atoms with E-state index in [9.17, 15) is 5.11 Å². The third kappa shape index (κ3) is 6.06. The Morgan fingerprint density at radius 1 is 0.864 bits per heavy atom. The summed E-state index contributed by atoms with van der Waals surface area (Å²) in [7, 11) is 0. The average molecular weight is 590 g/mol. The molecule has 230 valence electrons. The number of benzene rings is 3. The maximum Gasteiger partial charge on any atom is 0.219 e. The summed E-state index contributed by atoms with van der Waals surface area (Å²) < 4.78 is 6.29. The number of para-hydroxylation sites is 1. The molecule has 0 saturated heterocycles. The molecule has 4 aromatic rings.